The third kappa shape index (κ3) is 10.6. The van der Waals surface area contributed by atoms with Crippen molar-refractivity contribution in [2.75, 3.05) is 0 Å². The van der Waals surface area contributed by atoms with E-state index in [0.29, 0.717) is 23.1 Å². The van der Waals surface area contributed by atoms with Crippen LogP contribution in [0, 0.1) is 0 Å². The molecule has 0 radical (unpaired) electrons. The molecule has 0 bridgehead atoms. The molecule has 5 heteroatoms. The van der Waals surface area contributed by atoms with Crippen LogP contribution in [0.5, 0.6) is 5.75 Å². The van der Waals surface area contributed by atoms with Crippen LogP contribution < -0.4 is 10.4 Å². The highest BCUT2D eigenvalue weighted by atomic mass is 16.5. The standard InChI is InChI=1S/C26H39NO4/c1-2-3-4-5-6-7-8-9-10-11-12-13-14-15-16-17-25(28)31-22-18-19-24-23(20-22)26(29)30-21-27-24/h18-21H,2-17H2,1H3. The second-order valence-electron chi connectivity index (χ2n) is 8.49. The van der Waals surface area contributed by atoms with Crippen LogP contribution in [0.4, 0.5) is 0 Å². The summed E-state index contributed by atoms with van der Waals surface area (Å²) in [6.45, 7) is 2.27. The van der Waals surface area contributed by atoms with E-state index in [1.807, 2.05) is 0 Å². The fourth-order valence-corrected chi connectivity index (χ4v) is 3.87. The van der Waals surface area contributed by atoms with Crippen molar-refractivity contribution >= 4 is 16.9 Å². The SMILES string of the molecule is CCCCCCCCCCCCCCCCCC(=O)Oc1ccc2ncoc(=O)c2c1. The molecule has 0 aliphatic carbocycles. The number of hydrogen-bond acceptors (Lipinski definition) is 5. The zero-order valence-electron chi connectivity index (χ0n) is 19.2. The van der Waals surface area contributed by atoms with E-state index in [0.717, 1.165) is 19.2 Å². The minimum absolute atomic E-state index is 0.262. The highest BCUT2D eigenvalue weighted by Gasteiger charge is 2.08. The molecule has 1 heterocycles. The van der Waals surface area contributed by atoms with Crippen LogP contribution in [-0.4, -0.2) is 11.0 Å². The van der Waals surface area contributed by atoms with Crippen molar-refractivity contribution in [2.45, 2.75) is 110 Å². The van der Waals surface area contributed by atoms with E-state index < -0.39 is 5.63 Å². The van der Waals surface area contributed by atoms with Gasteiger partial charge in [-0.25, -0.2) is 9.78 Å². The third-order valence-electron chi connectivity index (χ3n) is 5.76. The molecule has 0 unspecified atom stereocenters. The normalized spacial score (nSPS) is 11.1. The summed E-state index contributed by atoms with van der Waals surface area (Å²) in [5.41, 5.74) is 0.0452. The van der Waals surface area contributed by atoms with Crippen molar-refractivity contribution in [3.63, 3.8) is 0 Å². The maximum Gasteiger partial charge on any atom is 0.346 e. The van der Waals surface area contributed by atoms with Gasteiger partial charge in [0, 0.05) is 6.42 Å². The van der Waals surface area contributed by atoms with Crippen LogP contribution >= 0.6 is 0 Å². The third-order valence-corrected chi connectivity index (χ3v) is 5.76. The van der Waals surface area contributed by atoms with Gasteiger partial charge in [-0.3, -0.25) is 4.79 Å². The Bertz CT molecular complexity index is 814. The molecule has 0 aliphatic heterocycles. The average molecular weight is 430 g/mol. The van der Waals surface area contributed by atoms with E-state index >= 15 is 0 Å². The van der Waals surface area contributed by atoms with Crippen molar-refractivity contribution in [1.29, 1.82) is 0 Å². The summed E-state index contributed by atoms with van der Waals surface area (Å²) in [6.07, 6.45) is 21.0. The topological polar surface area (TPSA) is 69.4 Å². The number of fused-ring (bicyclic) bond motifs is 1. The molecule has 0 saturated carbocycles. The van der Waals surface area contributed by atoms with Gasteiger partial charge in [-0.1, -0.05) is 96.8 Å². The number of benzene rings is 1. The van der Waals surface area contributed by atoms with E-state index in [-0.39, 0.29) is 5.97 Å². The molecule has 0 spiro atoms. The molecule has 172 valence electrons. The smallest absolute Gasteiger partial charge is 0.346 e. The van der Waals surface area contributed by atoms with E-state index in [1.165, 1.54) is 89.5 Å². The average Bonchev–Trinajstić information content (AvgIpc) is 2.77. The molecule has 1 aromatic heterocycles. The lowest BCUT2D eigenvalue weighted by molar-refractivity contribution is -0.134. The summed E-state index contributed by atoms with van der Waals surface area (Å²) in [5.74, 6) is 0.0982. The molecular formula is C26H39NO4. The lowest BCUT2D eigenvalue weighted by Crippen LogP contribution is -2.08. The summed E-state index contributed by atoms with van der Waals surface area (Å²) < 4.78 is 10.1. The largest absolute Gasteiger partial charge is 0.427 e. The van der Waals surface area contributed by atoms with Gasteiger partial charge in [0.15, 0.2) is 6.39 Å². The zero-order valence-corrected chi connectivity index (χ0v) is 19.2. The summed E-state index contributed by atoms with van der Waals surface area (Å²) in [4.78, 5) is 27.7. The van der Waals surface area contributed by atoms with Crippen molar-refractivity contribution in [2.24, 2.45) is 0 Å². The molecule has 0 N–H and O–H groups in total. The molecule has 0 atom stereocenters. The monoisotopic (exact) mass is 429 g/mol. The molecule has 0 saturated heterocycles. The van der Waals surface area contributed by atoms with Gasteiger partial charge < -0.3 is 9.15 Å². The van der Waals surface area contributed by atoms with Gasteiger partial charge in [-0.2, -0.15) is 0 Å². The highest BCUT2D eigenvalue weighted by Crippen LogP contribution is 2.18. The van der Waals surface area contributed by atoms with Gasteiger partial charge in [0.05, 0.1) is 10.9 Å². The molecule has 5 nitrogen and oxygen atoms in total. The molecule has 0 fully saturated rings. The molecule has 2 aromatic rings. The van der Waals surface area contributed by atoms with Crippen LogP contribution in [0.1, 0.15) is 110 Å². The summed E-state index contributed by atoms with van der Waals surface area (Å²) in [6, 6.07) is 4.82. The van der Waals surface area contributed by atoms with Gasteiger partial charge >= 0.3 is 11.6 Å². The van der Waals surface area contributed by atoms with E-state index in [9.17, 15) is 9.59 Å². The van der Waals surface area contributed by atoms with Gasteiger partial charge in [-0.05, 0) is 24.6 Å². The van der Waals surface area contributed by atoms with Crippen LogP contribution in [0.25, 0.3) is 10.9 Å². The van der Waals surface area contributed by atoms with E-state index in [4.69, 9.17) is 9.15 Å². The fourth-order valence-electron chi connectivity index (χ4n) is 3.87. The quantitative estimate of drug-likeness (QED) is 0.149. The molecule has 31 heavy (non-hydrogen) atoms. The second kappa shape index (κ2) is 15.6. The maximum absolute atomic E-state index is 12.0. The van der Waals surface area contributed by atoms with Crippen LogP contribution in [0.15, 0.2) is 33.8 Å². The van der Waals surface area contributed by atoms with Gasteiger partial charge in [-0.15, -0.1) is 0 Å². The van der Waals surface area contributed by atoms with Crippen LogP contribution in [0.2, 0.25) is 0 Å². The molecule has 0 amide bonds. The summed E-state index contributed by atoms with van der Waals surface area (Å²) in [7, 11) is 0. The Balaban J connectivity index is 1.43. The minimum atomic E-state index is -0.481. The number of carbonyl (C=O) groups is 1. The highest BCUT2D eigenvalue weighted by molar-refractivity contribution is 5.80. The first-order chi connectivity index (χ1) is 15.2. The van der Waals surface area contributed by atoms with E-state index in [2.05, 4.69) is 11.9 Å². The predicted molar refractivity (Wildman–Crippen MR) is 125 cm³/mol. The number of unbranched alkanes of at least 4 members (excludes halogenated alkanes) is 14. The number of hydrogen-bond donors (Lipinski definition) is 0. The van der Waals surface area contributed by atoms with Gasteiger partial charge in [0.25, 0.3) is 0 Å². The first-order valence-corrected chi connectivity index (χ1v) is 12.3. The lowest BCUT2D eigenvalue weighted by Gasteiger charge is -2.05. The Morgan fingerprint density at radius 2 is 1.39 bits per heavy atom. The van der Waals surface area contributed by atoms with Gasteiger partial charge in [0.2, 0.25) is 0 Å². The Hall–Kier alpha value is -2.17. The Morgan fingerprint density at radius 1 is 0.839 bits per heavy atom. The predicted octanol–water partition coefficient (Wildman–Crippen LogP) is 7.35. The lowest BCUT2D eigenvalue weighted by atomic mass is 10.0. The number of aromatic nitrogens is 1. The van der Waals surface area contributed by atoms with Crippen molar-refractivity contribution in [3.8, 4) is 5.75 Å². The second-order valence-corrected chi connectivity index (χ2v) is 8.49. The van der Waals surface area contributed by atoms with Crippen molar-refractivity contribution in [3.05, 3.63) is 35.0 Å². The van der Waals surface area contributed by atoms with Crippen LogP contribution in [0.3, 0.4) is 0 Å². The number of nitrogens with zero attached hydrogens (tertiary/aromatic N) is 1. The maximum atomic E-state index is 12.0. The molecule has 1 aromatic carbocycles. The number of esters is 1. The summed E-state index contributed by atoms with van der Waals surface area (Å²) >= 11 is 0. The minimum Gasteiger partial charge on any atom is -0.427 e. The first-order valence-electron chi connectivity index (χ1n) is 12.3. The zero-order chi connectivity index (χ0) is 22.2. The number of carbonyl (C=O) groups excluding carboxylic acids is 1. The number of ether oxygens (including phenoxy) is 1. The number of rotatable bonds is 17. The van der Waals surface area contributed by atoms with Crippen molar-refractivity contribution in [1.82, 2.24) is 4.98 Å². The van der Waals surface area contributed by atoms with E-state index in [1.54, 1.807) is 12.1 Å². The molecular weight excluding hydrogens is 390 g/mol. The van der Waals surface area contributed by atoms with Crippen LogP contribution in [-0.2, 0) is 4.79 Å². The van der Waals surface area contributed by atoms with Crippen molar-refractivity contribution < 1.29 is 13.9 Å². The summed E-state index contributed by atoms with van der Waals surface area (Å²) in [5, 5.41) is 0.319. The first kappa shape index (κ1) is 25.1. The Labute approximate surface area is 186 Å². The molecule has 2 rings (SSSR count). The Kier molecular flexibility index (Phi) is 12.6. The van der Waals surface area contributed by atoms with Gasteiger partial charge in [0.1, 0.15) is 5.75 Å². The fraction of sp³-hybridized carbons (Fsp3) is 0.654. The molecule has 0 aliphatic rings. The Morgan fingerprint density at radius 3 is 1.97 bits per heavy atom.